The third-order valence-electron chi connectivity index (χ3n) is 4.74. The SMILES string of the molecule is C[C@@]12CCCCCC(=Cc3ccc(O)cc31)[C@@H]2N. The molecule has 3 rings (SSSR count). The molecule has 18 heavy (non-hydrogen) atoms. The van der Waals surface area contributed by atoms with E-state index in [1.165, 1.54) is 36.0 Å². The molecule has 0 amide bonds. The molecule has 2 aliphatic rings. The monoisotopic (exact) mass is 243 g/mol. The second-order valence-corrected chi connectivity index (χ2v) is 5.95. The molecule has 0 spiro atoms. The van der Waals surface area contributed by atoms with Crippen molar-refractivity contribution in [2.24, 2.45) is 5.73 Å². The Morgan fingerprint density at radius 3 is 2.94 bits per heavy atom. The van der Waals surface area contributed by atoms with E-state index in [0.717, 1.165) is 12.8 Å². The Labute approximate surface area is 109 Å². The van der Waals surface area contributed by atoms with Gasteiger partial charge in [-0.05, 0) is 42.5 Å². The zero-order valence-corrected chi connectivity index (χ0v) is 10.9. The Balaban J connectivity index is 2.20. The average Bonchev–Trinajstić information content (AvgIpc) is 2.35. The summed E-state index contributed by atoms with van der Waals surface area (Å²) in [6, 6.07) is 5.81. The third-order valence-corrected chi connectivity index (χ3v) is 4.74. The van der Waals surface area contributed by atoms with Crippen LogP contribution in [-0.4, -0.2) is 11.1 Å². The Kier molecular flexibility index (Phi) is 2.70. The van der Waals surface area contributed by atoms with Crippen molar-refractivity contribution in [1.29, 1.82) is 0 Å². The summed E-state index contributed by atoms with van der Waals surface area (Å²) in [6.07, 6.45) is 8.24. The van der Waals surface area contributed by atoms with Crippen molar-refractivity contribution < 1.29 is 5.11 Å². The lowest BCUT2D eigenvalue weighted by Gasteiger charge is -2.43. The Bertz CT molecular complexity index is 506. The maximum atomic E-state index is 9.75. The zero-order chi connectivity index (χ0) is 12.8. The van der Waals surface area contributed by atoms with Crippen molar-refractivity contribution in [1.82, 2.24) is 0 Å². The molecule has 1 fully saturated rings. The summed E-state index contributed by atoms with van der Waals surface area (Å²) in [5.41, 5.74) is 10.3. The summed E-state index contributed by atoms with van der Waals surface area (Å²) in [4.78, 5) is 0. The van der Waals surface area contributed by atoms with Gasteiger partial charge in [0.1, 0.15) is 5.75 Å². The second-order valence-electron chi connectivity index (χ2n) is 5.95. The standard InChI is InChI=1S/C16H21NO/c1-16-8-4-2-3-5-12(15(16)17)9-11-6-7-13(18)10-14(11)16/h6-7,9-10,15,18H,2-5,8,17H2,1H3/t15-,16+/m0/s1. The molecular formula is C16H21NO. The van der Waals surface area contributed by atoms with Gasteiger partial charge < -0.3 is 10.8 Å². The molecule has 2 bridgehead atoms. The number of benzene rings is 1. The highest BCUT2D eigenvalue weighted by Crippen LogP contribution is 2.45. The van der Waals surface area contributed by atoms with Crippen LogP contribution in [-0.2, 0) is 5.41 Å². The van der Waals surface area contributed by atoms with Crippen LogP contribution in [0.15, 0.2) is 23.8 Å². The van der Waals surface area contributed by atoms with Gasteiger partial charge in [0.2, 0.25) is 0 Å². The van der Waals surface area contributed by atoms with E-state index in [4.69, 9.17) is 5.73 Å². The highest BCUT2D eigenvalue weighted by molar-refractivity contribution is 5.65. The summed E-state index contributed by atoms with van der Waals surface area (Å²) >= 11 is 0. The molecule has 1 aromatic rings. The number of nitrogens with two attached hydrogens (primary N) is 1. The van der Waals surface area contributed by atoms with Crippen LogP contribution in [0.4, 0.5) is 0 Å². The summed E-state index contributed by atoms with van der Waals surface area (Å²) in [7, 11) is 0. The number of rotatable bonds is 0. The van der Waals surface area contributed by atoms with Gasteiger partial charge in [-0.25, -0.2) is 0 Å². The van der Waals surface area contributed by atoms with E-state index in [-0.39, 0.29) is 11.5 Å². The fourth-order valence-electron chi connectivity index (χ4n) is 3.55. The van der Waals surface area contributed by atoms with Gasteiger partial charge in [0.25, 0.3) is 0 Å². The molecule has 96 valence electrons. The maximum absolute atomic E-state index is 9.75. The Morgan fingerprint density at radius 1 is 1.28 bits per heavy atom. The number of hydrogen-bond donors (Lipinski definition) is 2. The minimum Gasteiger partial charge on any atom is -0.508 e. The molecule has 0 heterocycles. The lowest BCUT2D eigenvalue weighted by atomic mass is 9.64. The number of phenolic OH excluding ortho intramolecular Hbond substituents is 1. The molecule has 2 heteroatoms. The topological polar surface area (TPSA) is 46.2 Å². The maximum Gasteiger partial charge on any atom is 0.115 e. The normalized spacial score (nSPS) is 31.0. The molecule has 1 saturated carbocycles. The van der Waals surface area contributed by atoms with Gasteiger partial charge in [-0.2, -0.15) is 0 Å². The van der Waals surface area contributed by atoms with Gasteiger partial charge in [-0.15, -0.1) is 0 Å². The Morgan fingerprint density at radius 2 is 2.11 bits per heavy atom. The molecule has 2 nitrogen and oxygen atoms in total. The van der Waals surface area contributed by atoms with Gasteiger partial charge in [0.05, 0.1) is 0 Å². The fraction of sp³-hybridized carbons (Fsp3) is 0.500. The van der Waals surface area contributed by atoms with Crippen molar-refractivity contribution in [2.45, 2.75) is 50.5 Å². The minimum atomic E-state index is -0.0153. The Hall–Kier alpha value is -1.28. The minimum absolute atomic E-state index is 0.0153. The highest BCUT2D eigenvalue weighted by Gasteiger charge is 2.40. The highest BCUT2D eigenvalue weighted by atomic mass is 16.3. The number of hydrogen-bond acceptors (Lipinski definition) is 2. The third kappa shape index (κ3) is 1.67. The van der Waals surface area contributed by atoms with Crippen LogP contribution < -0.4 is 5.73 Å². The first-order chi connectivity index (χ1) is 8.61. The predicted molar refractivity (Wildman–Crippen MR) is 74.5 cm³/mol. The summed E-state index contributed by atoms with van der Waals surface area (Å²) < 4.78 is 0. The van der Waals surface area contributed by atoms with E-state index in [9.17, 15) is 5.11 Å². The van der Waals surface area contributed by atoms with Gasteiger partial charge in [-0.3, -0.25) is 0 Å². The van der Waals surface area contributed by atoms with E-state index in [1.54, 1.807) is 6.07 Å². The predicted octanol–water partition coefficient (Wildman–Crippen LogP) is 3.34. The van der Waals surface area contributed by atoms with Crippen LogP contribution in [0.3, 0.4) is 0 Å². The summed E-state index contributed by atoms with van der Waals surface area (Å²) in [5.74, 6) is 0.348. The first-order valence-corrected chi connectivity index (χ1v) is 6.91. The van der Waals surface area contributed by atoms with E-state index in [2.05, 4.69) is 13.0 Å². The first kappa shape index (κ1) is 11.8. The summed E-state index contributed by atoms with van der Waals surface area (Å²) in [6.45, 7) is 2.26. The van der Waals surface area contributed by atoms with E-state index in [1.807, 2.05) is 12.1 Å². The van der Waals surface area contributed by atoms with Crippen LogP contribution in [0, 0.1) is 0 Å². The number of phenols is 1. The fourth-order valence-corrected chi connectivity index (χ4v) is 3.55. The molecular weight excluding hydrogens is 222 g/mol. The quantitative estimate of drug-likeness (QED) is 0.734. The number of aromatic hydroxyl groups is 1. The van der Waals surface area contributed by atoms with Crippen molar-refractivity contribution in [3.05, 3.63) is 34.9 Å². The largest absolute Gasteiger partial charge is 0.508 e. The zero-order valence-electron chi connectivity index (χ0n) is 10.9. The molecule has 1 aromatic carbocycles. The van der Waals surface area contributed by atoms with Crippen LogP contribution in [0.2, 0.25) is 0 Å². The molecule has 3 N–H and O–H groups in total. The van der Waals surface area contributed by atoms with E-state index >= 15 is 0 Å². The number of fused-ring (bicyclic) bond motifs is 4. The summed E-state index contributed by atoms with van der Waals surface area (Å²) in [5, 5.41) is 9.75. The lowest BCUT2D eigenvalue weighted by Crippen LogP contribution is -2.47. The van der Waals surface area contributed by atoms with Crippen LogP contribution >= 0.6 is 0 Å². The van der Waals surface area contributed by atoms with Crippen molar-refractivity contribution in [3.63, 3.8) is 0 Å². The molecule has 0 unspecified atom stereocenters. The van der Waals surface area contributed by atoms with Crippen LogP contribution in [0.1, 0.15) is 50.2 Å². The van der Waals surface area contributed by atoms with Crippen LogP contribution in [0.5, 0.6) is 5.75 Å². The van der Waals surface area contributed by atoms with E-state index < -0.39 is 0 Å². The first-order valence-electron chi connectivity index (χ1n) is 6.91. The molecule has 2 aliphatic carbocycles. The lowest BCUT2D eigenvalue weighted by molar-refractivity contribution is 0.335. The second kappa shape index (κ2) is 4.13. The smallest absolute Gasteiger partial charge is 0.115 e. The van der Waals surface area contributed by atoms with Crippen molar-refractivity contribution in [3.8, 4) is 5.75 Å². The van der Waals surface area contributed by atoms with Gasteiger partial charge in [0.15, 0.2) is 0 Å². The van der Waals surface area contributed by atoms with Gasteiger partial charge >= 0.3 is 0 Å². The molecule has 0 aromatic heterocycles. The van der Waals surface area contributed by atoms with Gasteiger partial charge in [-0.1, -0.05) is 37.5 Å². The molecule has 2 atom stereocenters. The van der Waals surface area contributed by atoms with Crippen molar-refractivity contribution in [2.75, 3.05) is 0 Å². The molecule has 0 aliphatic heterocycles. The van der Waals surface area contributed by atoms with Gasteiger partial charge in [0, 0.05) is 11.5 Å². The average molecular weight is 243 g/mol. The van der Waals surface area contributed by atoms with Crippen molar-refractivity contribution >= 4 is 6.08 Å². The molecule has 0 saturated heterocycles. The van der Waals surface area contributed by atoms with E-state index in [0.29, 0.717) is 5.75 Å². The molecule has 0 radical (unpaired) electrons. The van der Waals surface area contributed by atoms with Crippen LogP contribution in [0.25, 0.3) is 6.08 Å².